The minimum atomic E-state index is -1.32. The molecule has 1 unspecified atom stereocenters. The Morgan fingerprint density at radius 3 is 2.48 bits per heavy atom. The molecule has 0 aliphatic carbocycles. The second-order valence-corrected chi connectivity index (χ2v) is 8.42. The summed E-state index contributed by atoms with van der Waals surface area (Å²) < 4.78 is 14.6. The highest BCUT2D eigenvalue weighted by atomic mass is 19.1. The third kappa shape index (κ3) is 4.69. The number of nitrogens with one attached hydrogen (secondary N) is 2. The summed E-state index contributed by atoms with van der Waals surface area (Å²) in [4.78, 5) is 35.4. The van der Waals surface area contributed by atoms with E-state index < -0.39 is 11.6 Å². The van der Waals surface area contributed by atoms with Crippen LogP contribution in [0.3, 0.4) is 0 Å². The molecule has 0 bridgehead atoms. The summed E-state index contributed by atoms with van der Waals surface area (Å²) in [6.45, 7) is 4.28. The van der Waals surface area contributed by atoms with Gasteiger partial charge in [-0.2, -0.15) is 0 Å². The van der Waals surface area contributed by atoms with Gasteiger partial charge in [0.05, 0.1) is 17.8 Å². The summed E-state index contributed by atoms with van der Waals surface area (Å²) in [6, 6.07) is 12.8. The number of carbonyl (C=O) groups is 2. The largest absolute Gasteiger partial charge is 0.354 e. The molecule has 2 amide bonds. The monoisotopic (exact) mass is 447 g/mol. The Kier molecular flexibility index (Phi) is 6.09. The number of aromatic nitrogens is 2. The van der Waals surface area contributed by atoms with E-state index in [9.17, 15) is 14.0 Å². The van der Waals surface area contributed by atoms with E-state index in [-0.39, 0.29) is 18.1 Å². The summed E-state index contributed by atoms with van der Waals surface area (Å²) >= 11 is 0. The van der Waals surface area contributed by atoms with Gasteiger partial charge in [-0.3, -0.25) is 14.6 Å². The molecule has 1 fully saturated rings. The highest BCUT2D eigenvalue weighted by Gasteiger charge is 2.35. The van der Waals surface area contributed by atoms with Crippen LogP contribution in [-0.2, 0) is 0 Å². The maximum Gasteiger partial charge on any atom is 0.269 e. The minimum absolute atomic E-state index is 0.197. The summed E-state index contributed by atoms with van der Waals surface area (Å²) in [7, 11) is 1.52. The van der Waals surface area contributed by atoms with E-state index in [1.807, 2.05) is 42.2 Å². The van der Waals surface area contributed by atoms with Crippen LogP contribution in [0.4, 0.5) is 15.9 Å². The van der Waals surface area contributed by atoms with Crippen molar-refractivity contribution in [1.82, 2.24) is 15.3 Å². The first-order valence-electron chi connectivity index (χ1n) is 10.8. The maximum absolute atomic E-state index is 14.6. The Morgan fingerprint density at radius 2 is 1.85 bits per heavy atom. The molecule has 1 saturated heterocycles. The summed E-state index contributed by atoms with van der Waals surface area (Å²) in [5.74, 6) is -0.195. The quantitative estimate of drug-likeness (QED) is 0.617. The van der Waals surface area contributed by atoms with Gasteiger partial charge in [0, 0.05) is 38.0 Å². The summed E-state index contributed by atoms with van der Waals surface area (Å²) in [5, 5.41) is 5.48. The number of amides is 2. The van der Waals surface area contributed by atoms with Crippen molar-refractivity contribution in [2.45, 2.75) is 25.9 Å². The lowest BCUT2D eigenvalue weighted by atomic mass is 9.99. The van der Waals surface area contributed by atoms with Crippen LogP contribution in [0.2, 0.25) is 0 Å². The Labute approximate surface area is 192 Å². The van der Waals surface area contributed by atoms with Crippen molar-refractivity contribution in [3.8, 4) is 11.1 Å². The van der Waals surface area contributed by atoms with Crippen LogP contribution >= 0.6 is 0 Å². The standard InChI is InChI=1S/C25H26FN5O2/c1-16-6-4-5-7-18(16)19-10-12-28-22(31-13-11-25(2,26)15-31)21(19)30-23(32)17-8-9-20(29-14-17)24(33)27-3/h4-10,12,14H,11,13,15H2,1-3H3,(H,27,33)(H,30,32). The van der Waals surface area contributed by atoms with Crippen molar-refractivity contribution in [2.75, 3.05) is 30.4 Å². The second kappa shape index (κ2) is 8.97. The fourth-order valence-electron chi connectivity index (χ4n) is 3.99. The minimum Gasteiger partial charge on any atom is -0.354 e. The summed E-state index contributed by atoms with van der Waals surface area (Å²) in [6.07, 6.45) is 3.43. The molecule has 0 radical (unpaired) electrons. The first kappa shape index (κ1) is 22.4. The number of benzene rings is 1. The normalized spacial score (nSPS) is 17.6. The average Bonchev–Trinajstić information content (AvgIpc) is 3.18. The third-order valence-corrected chi connectivity index (χ3v) is 5.81. The Morgan fingerprint density at radius 1 is 1.06 bits per heavy atom. The zero-order chi connectivity index (χ0) is 23.6. The van der Waals surface area contributed by atoms with Crippen LogP contribution in [0.1, 0.15) is 39.8 Å². The van der Waals surface area contributed by atoms with Crippen LogP contribution in [0, 0.1) is 6.92 Å². The fourth-order valence-corrected chi connectivity index (χ4v) is 3.99. The lowest BCUT2D eigenvalue weighted by Gasteiger charge is -2.24. The highest BCUT2D eigenvalue weighted by molar-refractivity contribution is 6.08. The molecule has 7 nitrogen and oxygen atoms in total. The molecule has 170 valence electrons. The van der Waals surface area contributed by atoms with Gasteiger partial charge >= 0.3 is 0 Å². The first-order valence-corrected chi connectivity index (χ1v) is 10.8. The summed E-state index contributed by atoms with van der Waals surface area (Å²) in [5.41, 5.74) is 2.51. The SMILES string of the molecule is CNC(=O)c1ccc(C(=O)Nc2c(-c3ccccc3C)ccnc2N2CCC(C)(F)C2)cn1. The average molecular weight is 448 g/mol. The lowest BCUT2D eigenvalue weighted by molar-refractivity contribution is 0.0955. The number of anilines is 2. The van der Waals surface area contributed by atoms with Crippen LogP contribution in [0.25, 0.3) is 11.1 Å². The predicted molar refractivity (Wildman–Crippen MR) is 126 cm³/mol. The molecule has 2 N–H and O–H groups in total. The maximum atomic E-state index is 14.6. The molecule has 3 aromatic rings. The van der Waals surface area contributed by atoms with Gasteiger partial charge in [0.25, 0.3) is 11.8 Å². The van der Waals surface area contributed by atoms with E-state index >= 15 is 0 Å². The van der Waals surface area contributed by atoms with Crippen molar-refractivity contribution >= 4 is 23.3 Å². The van der Waals surface area contributed by atoms with Crippen LogP contribution in [0.5, 0.6) is 0 Å². The smallest absolute Gasteiger partial charge is 0.269 e. The zero-order valence-corrected chi connectivity index (χ0v) is 18.9. The molecule has 1 atom stereocenters. The number of pyridine rings is 2. The Balaban J connectivity index is 1.74. The first-order chi connectivity index (χ1) is 15.8. The number of hydrogen-bond acceptors (Lipinski definition) is 5. The second-order valence-electron chi connectivity index (χ2n) is 8.42. The number of aryl methyl sites for hydroxylation is 1. The van der Waals surface area contributed by atoms with E-state index in [1.54, 1.807) is 19.2 Å². The van der Waals surface area contributed by atoms with E-state index in [2.05, 4.69) is 20.6 Å². The number of carbonyl (C=O) groups excluding carboxylic acids is 2. The topological polar surface area (TPSA) is 87.2 Å². The molecular weight excluding hydrogens is 421 g/mol. The molecule has 8 heteroatoms. The van der Waals surface area contributed by atoms with E-state index in [0.29, 0.717) is 30.0 Å². The molecule has 1 aliphatic heterocycles. The third-order valence-electron chi connectivity index (χ3n) is 5.81. The van der Waals surface area contributed by atoms with Gasteiger partial charge in [-0.15, -0.1) is 0 Å². The van der Waals surface area contributed by atoms with Crippen molar-refractivity contribution in [3.63, 3.8) is 0 Å². The zero-order valence-electron chi connectivity index (χ0n) is 18.9. The molecule has 0 spiro atoms. The molecule has 0 saturated carbocycles. The molecular formula is C25H26FN5O2. The predicted octanol–water partition coefficient (Wildman–Crippen LogP) is 4.00. The number of halogens is 1. The van der Waals surface area contributed by atoms with Gasteiger partial charge in [0.1, 0.15) is 11.4 Å². The van der Waals surface area contributed by atoms with Gasteiger partial charge in [0.15, 0.2) is 5.82 Å². The van der Waals surface area contributed by atoms with Gasteiger partial charge < -0.3 is 15.5 Å². The molecule has 33 heavy (non-hydrogen) atoms. The number of rotatable bonds is 5. The van der Waals surface area contributed by atoms with Gasteiger partial charge in [-0.05, 0) is 43.2 Å². The Hall–Kier alpha value is -3.81. The van der Waals surface area contributed by atoms with Crippen molar-refractivity contribution < 1.29 is 14.0 Å². The van der Waals surface area contributed by atoms with Gasteiger partial charge in [0.2, 0.25) is 0 Å². The molecule has 1 aromatic carbocycles. The van der Waals surface area contributed by atoms with E-state index in [0.717, 1.165) is 16.7 Å². The molecule has 2 aromatic heterocycles. The lowest BCUT2D eigenvalue weighted by Crippen LogP contribution is -2.28. The Bertz CT molecular complexity index is 1190. The molecule has 3 heterocycles. The van der Waals surface area contributed by atoms with Crippen LogP contribution in [0.15, 0.2) is 54.9 Å². The van der Waals surface area contributed by atoms with Crippen molar-refractivity contribution in [1.29, 1.82) is 0 Å². The number of hydrogen-bond donors (Lipinski definition) is 2. The van der Waals surface area contributed by atoms with Crippen molar-refractivity contribution in [2.24, 2.45) is 0 Å². The molecule has 4 rings (SSSR count). The van der Waals surface area contributed by atoms with Crippen LogP contribution < -0.4 is 15.5 Å². The van der Waals surface area contributed by atoms with Gasteiger partial charge in [-0.25, -0.2) is 9.37 Å². The van der Waals surface area contributed by atoms with E-state index in [4.69, 9.17) is 0 Å². The van der Waals surface area contributed by atoms with E-state index in [1.165, 1.54) is 19.3 Å². The number of nitrogens with zero attached hydrogens (tertiary/aromatic N) is 3. The number of alkyl halides is 1. The fraction of sp³-hybridized carbons (Fsp3) is 0.280. The van der Waals surface area contributed by atoms with Crippen LogP contribution in [-0.4, -0.2) is 47.6 Å². The molecule has 1 aliphatic rings. The van der Waals surface area contributed by atoms with Crippen molar-refractivity contribution in [3.05, 3.63) is 71.7 Å². The highest BCUT2D eigenvalue weighted by Crippen LogP contribution is 2.39. The van der Waals surface area contributed by atoms with Gasteiger partial charge in [-0.1, -0.05) is 24.3 Å².